The van der Waals surface area contributed by atoms with E-state index in [9.17, 15) is 28.0 Å². The highest BCUT2D eigenvalue weighted by atomic mass is 35.5. The van der Waals surface area contributed by atoms with Gasteiger partial charge in [0.05, 0.1) is 37.2 Å². The van der Waals surface area contributed by atoms with Crippen LogP contribution in [0.4, 0.5) is 8.78 Å². The summed E-state index contributed by atoms with van der Waals surface area (Å²) in [6.07, 6.45) is 1.07. The van der Waals surface area contributed by atoms with Gasteiger partial charge in [0.2, 0.25) is 5.91 Å². The summed E-state index contributed by atoms with van der Waals surface area (Å²) < 4.78 is 34.6. The Hall–Kier alpha value is -4.13. The molecule has 0 unspecified atom stereocenters. The molecule has 2 aromatic heterocycles. The predicted molar refractivity (Wildman–Crippen MR) is 139 cm³/mol. The number of benzene rings is 2. The minimum Gasteiger partial charge on any atom is -0.487 e. The lowest BCUT2D eigenvalue weighted by molar-refractivity contribution is 0.0876. The topological polar surface area (TPSA) is 135 Å². The highest BCUT2D eigenvalue weighted by Crippen LogP contribution is 2.24. The molecule has 0 atom stereocenters. The van der Waals surface area contributed by atoms with Gasteiger partial charge in [0.15, 0.2) is 5.78 Å². The van der Waals surface area contributed by atoms with Crippen molar-refractivity contribution in [2.24, 2.45) is 0 Å². The van der Waals surface area contributed by atoms with Crippen LogP contribution in [0.15, 0.2) is 52.2 Å². The number of Topliss-reactive ketones (excluding diaryl/α,β-unsaturated/α-hetero) is 1. The van der Waals surface area contributed by atoms with Gasteiger partial charge in [-0.3, -0.25) is 14.4 Å². The van der Waals surface area contributed by atoms with Crippen LogP contribution in [-0.2, 0) is 13.2 Å². The Morgan fingerprint density at radius 1 is 1.15 bits per heavy atom. The summed E-state index contributed by atoms with van der Waals surface area (Å²) in [4.78, 5) is 53.4. The van der Waals surface area contributed by atoms with E-state index in [-0.39, 0.29) is 64.8 Å². The molecule has 0 aliphatic rings. The van der Waals surface area contributed by atoms with Gasteiger partial charge in [-0.05, 0) is 42.9 Å². The molecule has 0 fully saturated rings. The summed E-state index contributed by atoms with van der Waals surface area (Å²) in [7, 11) is 1.58. The van der Waals surface area contributed by atoms with Crippen LogP contribution < -0.4 is 21.3 Å². The first-order valence-electron chi connectivity index (χ1n) is 11.7. The number of nitrogens with one attached hydrogen (secondary N) is 2. The standard InChI is InChI=1S/C26H23ClF2N4O6/c1-30-11-20(35)17-8-14(9-19-24(17)31-26(38)33(19)22(36)5-7-34)12-32-6-4-21(23(27)25(32)37)39-13-15-2-3-16(28)10-18(15)29/h2-4,6,8-10,30,34H,5,7,11-13H2,1H3,(H,31,38). The number of ether oxygens (including phenoxy) is 1. The molecule has 0 radical (unpaired) electrons. The van der Waals surface area contributed by atoms with Crippen molar-refractivity contribution in [1.29, 1.82) is 0 Å². The average molecular weight is 561 g/mol. The van der Waals surface area contributed by atoms with Gasteiger partial charge in [-0.15, -0.1) is 0 Å². The Kier molecular flexibility index (Phi) is 8.38. The molecule has 0 saturated carbocycles. The van der Waals surface area contributed by atoms with Crippen molar-refractivity contribution in [3.05, 3.63) is 96.8 Å². The first-order chi connectivity index (χ1) is 18.6. The number of nitrogens with zero attached hydrogens (tertiary/aromatic N) is 2. The zero-order valence-corrected chi connectivity index (χ0v) is 21.3. The minimum absolute atomic E-state index is 0.0175. The van der Waals surface area contributed by atoms with Crippen molar-refractivity contribution in [2.75, 3.05) is 20.2 Å². The van der Waals surface area contributed by atoms with Crippen molar-refractivity contribution in [3.63, 3.8) is 0 Å². The molecular formula is C26H23ClF2N4O6. The highest BCUT2D eigenvalue weighted by molar-refractivity contribution is 6.31. The number of fused-ring (bicyclic) bond motifs is 1. The van der Waals surface area contributed by atoms with Gasteiger partial charge >= 0.3 is 5.69 Å². The van der Waals surface area contributed by atoms with Gasteiger partial charge in [0, 0.05) is 23.4 Å². The van der Waals surface area contributed by atoms with Crippen LogP contribution in [0.5, 0.6) is 5.75 Å². The highest BCUT2D eigenvalue weighted by Gasteiger charge is 2.21. The second kappa shape index (κ2) is 11.7. The third-order valence-corrected chi connectivity index (χ3v) is 6.24. The summed E-state index contributed by atoms with van der Waals surface area (Å²) in [6.45, 7) is -0.910. The molecule has 39 heavy (non-hydrogen) atoms. The number of aromatic nitrogens is 3. The summed E-state index contributed by atoms with van der Waals surface area (Å²) in [5.41, 5.74) is -0.542. The van der Waals surface area contributed by atoms with Crippen molar-refractivity contribution < 1.29 is 28.2 Å². The van der Waals surface area contributed by atoms with Crippen LogP contribution in [0.2, 0.25) is 5.02 Å². The van der Waals surface area contributed by atoms with E-state index in [0.717, 1.165) is 10.6 Å². The van der Waals surface area contributed by atoms with Crippen LogP contribution >= 0.6 is 11.6 Å². The summed E-state index contributed by atoms with van der Waals surface area (Å²) >= 11 is 6.23. The van der Waals surface area contributed by atoms with Gasteiger partial charge < -0.3 is 24.7 Å². The second-order valence-electron chi connectivity index (χ2n) is 8.58. The van der Waals surface area contributed by atoms with Gasteiger partial charge in [0.25, 0.3) is 5.56 Å². The zero-order chi connectivity index (χ0) is 28.3. The van der Waals surface area contributed by atoms with Crippen LogP contribution in [0.1, 0.15) is 32.7 Å². The first-order valence-corrected chi connectivity index (χ1v) is 12.1. The van der Waals surface area contributed by atoms with Crippen molar-refractivity contribution in [1.82, 2.24) is 19.4 Å². The number of H-pyrrole nitrogens is 1. The molecule has 0 aliphatic carbocycles. The maximum absolute atomic E-state index is 13.9. The van der Waals surface area contributed by atoms with E-state index in [0.29, 0.717) is 11.6 Å². The number of aliphatic hydroxyl groups excluding tert-OH is 1. The van der Waals surface area contributed by atoms with E-state index in [4.69, 9.17) is 21.4 Å². The lowest BCUT2D eigenvalue weighted by Gasteiger charge is -2.13. The second-order valence-corrected chi connectivity index (χ2v) is 8.95. The fraction of sp³-hybridized carbons (Fsp3) is 0.231. The van der Waals surface area contributed by atoms with E-state index in [1.165, 1.54) is 35.0 Å². The van der Waals surface area contributed by atoms with Crippen molar-refractivity contribution in [2.45, 2.75) is 19.6 Å². The van der Waals surface area contributed by atoms with E-state index >= 15 is 0 Å². The van der Waals surface area contributed by atoms with Gasteiger partial charge in [-0.25, -0.2) is 18.1 Å². The average Bonchev–Trinajstić information content (AvgIpc) is 3.22. The Morgan fingerprint density at radius 3 is 2.62 bits per heavy atom. The predicted octanol–water partition coefficient (Wildman–Crippen LogP) is 2.47. The van der Waals surface area contributed by atoms with E-state index < -0.39 is 35.4 Å². The molecule has 0 bridgehead atoms. The van der Waals surface area contributed by atoms with Crippen molar-refractivity contribution in [3.8, 4) is 5.75 Å². The summed E-state index contributed by atoms with van der Waals surface area (Å²) in [6, 6.07) is 7.39. The van der Waals surface area contributed by atoms with Gasteiger partial charge in [-0.2, -0.15) is 0 Å². The number of rotatable bonds is 10. The number of carbonyl (C=O) groups is 2. The van der Waals surface area contributed by atoms with E-state index in [2.05, 4.69) is 10.3 Å². The molecule has 0 amide bonds. The number of likely N-dealkylation sites (N-methyl/N-ethyl adjacent to an activating group) is 1. The number of halogens is 3. The van der Waals surface area contributed by atoms with Crippen LogP contribution in [0, 0.1) is 11.6 Å². The third-order valence-electron chi connectivity index (χ3n) is 5.89. The maximum Gasteiger partial charge on any atom is 0.333 e. The summed E-state index contributed by atoms with van der Waals surface area (Å²) in [5, 5.41) is 11.6. The normalized spacial score (nSPS) is 11.2. The Balaban J connectivity index is 1.70. The molecule has 0 saturated heterocycles. The Bertz CT molecular complexity index is 1690. The molecule has 0 aliphatic heterocycles. The Morgan fingerprint density at radius 2 is 1.92 bits per heavy atom. The maximum atomic E-state index is 13.9. The number of hydrogen-bond acceptors (Lipinski definition) is 7. The van der Waals surface area contributed by atoms with E-state index in [1.54, 1.807) is 7.05 Å². The van der Waals surface area contributed by atoms with Crippen LogP contribution in [0.25, 0.3) is 11.0 Å². The fourth-order valence-corrected chi connectivity index (χ4v) is 4.27. The number of carbonyl (C=O) groups excluding carboxylic acids is 2. The first kappa shape index (κ1) is 27.9. The zero-order valence-electron chi connectivity index (χ0n) is 20.6. The molecule has 3 N–H and O–H groups in total. The SMILES string of the molecule is CNCC(=O)c1cc(Cn2ccc(OCc3ccc(F)cc3F)c(Cl)c2=O)cc2c1[nH]c(=O)n2C(=O)CCO. The largest absolute Gasteiger partial charge is 0.487 e. The number of hydrogen-bond donors (Lipinski definition) is 3. The number of ketones is 1. The molecule has 0 spiro atoms. The molecular weight excluding hydrogens is 538 g/mol. The summed E-state index contributed by atoms with van der Waals surface area (Å²) in [5.74, 6) is -2.60. The number of pyridine rings is 1. The molecule has 13 heteroatoms. The van der Waals surface area contributed by atoms with Gasteiger partial charge in [-0.1, -0.05) is 11.6 Å². The Labute approximate surface area is 224 Å². The number of imidazole rings is 1. The van der Waals surface area contributed by atoms with Crippen LogP contribution in [0.3, 0.4) is 0 Å². The molecule has 4 aromatic rings. The molecule has 204 valence electrons. The number of aliphatic hydroxyl groups is 1. The lowest BCUT2D eigenvalue weighted by atomic mass is 10.0. The number of aromatic amines is 1. The monoisotopic (exact) mass is 560 g/mol. The van der Waals surface area contributed by atoms with Crippen molar-refractivity contribution >= 4 is 34.3 Å². The lowest BCUT2D eigenvalue weighted by Crippen LogP contribution is -2.25. The molecule has 10 nitrogen and oxygen atoms in total. The molecule has 2 heterocycles. The minimum atomic E-state index is -0.806. The molecule has 2 aromatic carbocycles. The van der Waals surface area contributed by atoms with Gasteiger partial charge in [0.1, 0.15) is 29.0 Å². The quantitative estimate of drug-likeness (QED) is 0.254. The van der Waals surface area contributed by atoms with E-state index in [1.807, 2.05) is 0 Å². The molecule has 4 rings (SSSR count). The third kappa shape index (κ3) is 5.82. The van der Waals surface area contributed by atoms with Crippen LogP contribution in [-0.4, -0.2) is 51.1 Å². The smallest absolute Gasteiger partial charge is 0.333 e. The fourth-order valence-electron chi connectivity index (χ4n) is 4.04.